The summed E-state index contributed by atoms with van der Waals surface area (Å²) in [6.07, 6.45) is 5.58. The first kappa shape index (κ1) is 11.9. The molecule has 0 unspecified atom stereocenters. The van der Waals surface area contributed by atoms with Crippen LogP contribution in [-0.4, -0.2) is 10.9 Å². The fourth-order valence-electron chi connectivity index (χ4n) is 2.16. The van der Waals surface area contributed by atoms with Gasteiger partial charge in [0, 0.05) is 18.3 Å². The van der Waals surface area contributed by atoms with E-state index in [0.29, 0.717) is 0 Å². The Bertz CT molecular complexity index is 510. The molecule has 3 heteroatoms. The molecule has 0 aliphatic heterocycles. The van der Waals surface area contributed by atoms with Gasteiger partial charge in [-0.25, -0.2) is 0 Å². The Kier molecular flexibility index (Phi) is 3.27. The van der Waals surface area contributed by atoms with Crippen LogP contribution in [0.3, 0.4) is 0 Å². The van der Waals surface area contributed by atoms with E-state index in [0.717, 1.165) is 24.0 Å². The van der Waals surface area contributed by atoms with Crippen molar-refractivity contribution in [3.63, 3.8) is 0 Å². The molecule has 1 aliphatic carbocycles. The number of amides is 1. The van der Waals surface area contributed by atoms with Crippen LogP contribution < -0.4 is 5.32 Å². The maximum absolute atomic E-state index is 12.0. The highest BCUT2D eigenvalue weighted by Gasteiger charge is 2.31. The van der Waals surface area contributed by atoms with Crippen molar-refractivity contribution >= 4 is 5.91 Å². The minimum Gasteiger partial charge on any atom is -0.345 e. The van der Waals surface area contributed by atoms with Gasteiger partial charge in [0.2, 0.25) is 5.91 Å². The molecule has 2 aromatic rings. The lowest BCUT2D eigenvalue weighted by atomic mass is 10.00. The zero-order valence-electron chi connectivity index (χ0n) is 10.6. The molecule has 1 heterocycles. The second kappa shape index (κ2) is 5.22. The number of carbonyl (C=O) groups is 1. The van der Waals surface area contributed by atoms with Gasteiger partial charge in [0.25, 0.3) is 0 Å². The lowest BCUT2D eigenvalue weighted by Gasteiger charge is -2.19. The Balaban J connectivity index is 1.89. The molecular weight excluding hydrogens is 236 g/mol. The van der Waals surface area contributed by atoms with Gasteiger partial charge in [-0.1, -0.05) is 36.4 Å². The first-order chi connectivity index (χ1) is 9.34. The largest absolute Gasteiger partial charge is 0.345 e. The van der Waals surface area contributed by atoms with Gasteiger partial charge >= 0.3 is 0 Å². The van der Waals surface area contributed by atoms with E-state index < -0.39 is 0 Å². The Morgan fingerprint density at radius 1 is 1.11 bits per heavy atom. The summed E-state index contributed by atoms with van der Waals surface area (Å²) >= 11 is 0. The van der Waals surface area contributed by atoms with Crippen LogP contribution in [0.15, 0.2) is 54.9 Å². The van der Waals surface area contributed by atoms with E-state index in [-0.39, 0.29) is 17.9 Å². The second-order valence-electron chi connectivity index (χ2n) is 4.91. The zero-order valence-corrected chi connectivity index (χ0v) is 10.6. The van der Waals surface area contributed by atoms with Crippen molar-refractivity contribution in [3.05, 3.63) is 66.0 Å². The van der Waals surface area contributed by atoms with E-state index >= 15 is 0 Å². The van der Waals surface area contributed by atoms with Crippen molar-refractivity contribution in [1.82, 2.24) is 10.3 Å². The molecule has 1 aromatic heterocycles. The highest BCUT2D eigenvalue weighted by atomic mass is 16.2. The average Bonchev–Trinajstić information content (AvgIpc) is 3.31. The van der Waals surface area contributed by atoms with Crippen molar-refractivity contribution in [3.8, 4) is 0 Å². The number of rotatable bonds is 4. The number of nitrogens with zero attached hydrogens (tertiary/aromatic N) is 1. The van der Waals surface area contributed by atoms with Gasteiger partial charge in [-0.15, -0.1) is 0 Å². The maximum atomic E-state index is 12.0. The second-order valence-corrected chi connectivity index (χ2v) is 4.91. The van der Waals surface area contributed by atoms with Crippen molar-refractivity contribution in [2.75, 3.05) is 0 Å². The van der Waals surface area contributed by atoms with Crippen molar-refractivity contribution < 1.29 is 4.79 Å². The number of pyridine rings is 1. The molecule has 1 fully saturated rings. The molecule has 0 bridgehead atoms. The molecule has 19 heavy (non-hydrogen) atoms. The summed E-state index contributed by atoms with van der Waals surface area (Å²) in [6, 6.07) is 13.8. The van der Waals surface area contributed by atoms with Crippen molar-refractivity contribution in [2.45, 2.75) is 18.9 Å². The normalized spacial score (nSPS) is 15.8. The molecule has 3 nitrogen and oxygen atoms in total. The van der Waals surface area contributed by atoms with Crippen molar-refractivity contribution in [1.29, 1.82) is 0 Å². The quantitative estimate of drug-likeness (QED) is 0.909. The van der Waals surface area contributed by atoms with Gasteiger partial charge in [-0.2, -0.15) is 0 Å². The fraction of sp³-hybridized carbons (Fsp3) is 0.250. The van der Waals surface area contributed by atoms with Crippen molar-refractivity contribution in [2.24, 2.45) is 5.92 Å². The molecule has 1 aliphatic rings. The first-order valence-electron chi connectivity index (χ1n) is 6.60. The lowest BCUT2D eigenvalue weighted by Crippen LogP contribution is -2.30. The predicted octanol–water partition coefficient (Wildman–Crippen LogP) is 2.70. The van der Waals surface area contributed by atoms with Crippen LogP contribution in [-0.2, 0) is 4.79 Å². The summed E-state index contributed by atoms with van der Waals surface area (Å²) < 4.78 is 0. The number of nitrogens with one attached hydrogen (secondary N) is 1. The number of benzene rings is 1. The SMILES string of the molecule is O=C(N[C@H](c1ccccc1)c1cccnc1)C1CC1. The lowest BCUT2D eigenvalue weighted by molar-refractivity contribution is -0.122. The summed E-state index contributed by atoms with van der Waals surface area (Å²) in [5, 5.41) is 3.13. The molecular formula is C16H16N2O. The summed E-state index contributed by atoms with van der Waals surface area (Å²) in [7, 11) is 0. The molecule has 96 valence electrons. The van der Waals surface area contributed by atoms with Gasteiger partial charge in [0.05, 0.1) is 6.04 Å². The summed E-state index contributed by atoms with van der Waals surface area (Å²) in [5.74, 6) is 0.362. The summed E-state index contributed by atoms with van der Waals surface area (Å²) in [4.78, 5) is 16.2. The third kappa shape index (κ3) is 2.81. The molecule has 1 amide bonds. The van der Waals surface area contributed by atoms with Gasteiger partial charge in [0.1, 0.15) is 0 Å². The average molecular weight is 252 g/mol. The molecule has 0 spiro atoms. The zero-order chi connectivity index (χ0) is 13.1. The van der Waals surface area contributed by atoms with Crippen LogP contribution in [0.2, 0.25) is 0 Å². The van der Waals surface area contributed by atoms with Crippen LogP contribution in [0.5, 0.6) is 0 Å². The van der Waals surface area contributed by atoms with Gasteiger partial charge in [-0.3, -0.25) is 9.78 Å². The van der Waals surface area contributed by atoms with E-state index in [4.69, 9.17) is 0 Å². The van der Waals surface area contributed by atoms with E-state index in [9.17, 15) is 4.79 Å². The Labute approximate surface area is 112 Å². The third-order valence-corrected chi connectivity index (χ3v) is 3.39. The third-order valence-electron chi connectivity index (χ3n) is 3.39. The number of carbonyl (C=O) groups excluding carboxylic acids is 1. The van der Waals surface area contributed by atoms with Crippen LogP contribution in [0, 0.1) is 5.92 Å². The number of aromatic nitrogens is 1. The molecule has 1 saturated carbocycles. The van der Waals surface area contributed by atoms with Crippen LogP contribution >= 0.6 is 0 Å². The molecule has 3 rings (SSSR count). The van der Waals surface area contributed by atoms with E-state index in [1.54, 1.807) is 6.20 Å². The van der Waals surface area contributed by atoms with Crippen LogP contribution in [0.4, 0.5) is 0 Å². The van der Waals surface area contributed by atoms with Gasteiger partial charge < -0.3 is 5.32 Å². The molecule has 0 saturated heterocycles. The predicted molar refractivity (Wildman–Crippen MR) is 73.4 cm³/mol. The molecule has 1 N–H and O–H groups in total. The monoisotopic (exact) mass is 252 g/mol. The number of hydrogen-bond donors (Lipinski definition) is 1. The minimum absolute atomic E-state index is 0.108. The summed E-state index contributed by atoms with van der Waals surface area (Å²) in [5.41, 5.74) is 2.10. The molecule has 1 atom stereocenters. The first-order valence-corrected chi connectivity index (χ1v) is 6.60. The Morgan fingerprint density at radius 3 is 2.47 bits per heavy atom. The Hall–Kier alpha value is -2.16. The Morgan fingerprint density at radius 2 is 1.84 bits per heavy atom. The molecule has 1 aromatic carbocycles. The minimum atomic E-state index is -0.108. The van der Waals surface area contributed by atoms with Gasteiger partial charge in [-0.05, 0) is 30.0 Å². The maximum Gasteiger partial charge on any atom is 0.223 e. The van der Waals surface area contributed by atoms with Crippen LogP contribution in [0.1, 0.15) is 30.0 Å². The van der Waals surface area contributed by atoms with E-state index in [1.807, 2.05) is 48.7 Å². The van der Waals surface area contributed by atoms with Crippen LogP contribution in [0.25, 0.3) is 0 Å². The highest BCUT2D eigenvalue weighted by molar-refractivity contribution is 5.81. The van der Waals surface area contributed by atoms with E-state index in [2.05, 4.69) is 10.3 Å². The highest BCUT2D eigenvalue weighted by Crippen LogP contribution is 2.31. The smallest absolute Gasteiger partial charge is 0.223 e. The topological polar surface area (TPSA) is 42.0 Å². The summed E-state index contributed by atoms with van der Waals surface area (Å²) in [6.45, 7) is 0. The van der Waals surface area contributed by atoms with Gasteiger partial charge in [0.15, 0.2) is 0 Å². The number of hydrogen-bond acceptors (Lipinski definition) is 2. The fourth-order valence-corrected chi connectivity index (χ4v) is 2.16. The standard InChI is InChI=1S/C16H16N2O/c19-16(13-8-9-13)18-15(12-5-2-1-3-6-12)14-7-4-10-17-11-14/h1-7,10-11,13,15H,8-9H2,(H,18,19)/t15-/m1/s1. The van der Waals surface area contributed by atoms with E-state index in [1.165, 1.54) is 0 Å². The molecule has 0 radical (unpaired) electrons.